The standard InChI is InChI=1S/C17H25F3N2O2/c1-12-9-21(7-8-22(12)10-13(2)23)11-16(24)14-3-5-15(6-4-14)17(18,19)20/h3-6,12-13,16,23-24H,7-11H2,1-2H3. The lowest BCUT2D eigenvalue weighted by Crippen LogP contribution is -2.54. The maximum atomic E-state index is 12.6. The average Bonchev–Trinajstić information content (AvgIpc) is 2.49. The van der Waals surface area contributed by atoms with Crippen LogP contribution in [-0.2, 0) is 6.18 Å². The van der Waals surface area contributed by atoms with Gasteiger partial charge in [0, 0.05) is 38.8 Å². The van der Waals surface area contributed by atoms with Gasteiger partial charge in [0.25, 0.3) is 0 Å². The van der Waals surface area contributed by atoms with Gasteiger partial charge in [-0.3, -0.25) is 9.80 Å². The van der Waals surface area contributed by atoms with Crippen molar-refractivity contribution >= 4 is 0 Å². The molecule has 0 spiro atoms. The van der Waals surface area contributed by atoms with E-state index in [0.717, 1.165) is 31.8 Å². The Morgan fingerprint density at radius 1 is 1.12 bits per heavy atom. The van der Waals surface area contributed by atoms with Gasteiger partial charge in [-0.1, -0.05) is 12.1 Å². The van der Waals surface area contributed by atoms with Gasteiger partial charge in [-0.25, -0.2) is 0 Å². The highest BCUT2D eigenvalue weighted by Gasteiger charge is 2.30. The number of piperazine rings is 1. The van der Waals surface area contributed by atoms with E-state index in [1.807, 2.05) is 0 Å². The topological polar surface area (TPSA) is 46.9 Å². The summed E-state index contributed by atoms with van der Waals surface area (Å²) in [6.07, 6.45) is -5.56. The number of hydrogen-bond donors (Lipinski definition) is 2. The first-order valence-corrected chi connectivity index (χ1v) is 8.16. The molecule has 0 bridgehead atoms. The molecule has 3 atom stereocenters. The molecule has 0 aromatic heterocycles. The normalized spacial score (nSPS) is 23.2. The molecular weight excluding hydrogens is 321 g/mol. The Bertz CT molecular complexity index is 520. The monoisotopic (exact) mass is 346 g/mol. The zero-order chi connectivity index (χ0) is 17.9. The maximum absolute atomic E-state index is 12.6. The molecule has 2 rings (SSSR count). The second-order valence-electron chi connectivity index (χ2n) is 6.59. The van der Waals surface area contributed by atoms with E-state index >= 15 is 0 Å². The Morgan fingerprint density at radius 3 is 2.25 bits per heavy atom. The summed E-state index contributed by atoms with van der Waals surface area (Å²) in [6.45, 7) is 7.14. The molecule has 1 aromatic carbocycles. The first-order valence-electron chi connectivity index (χ1n) is 8.16. The van der Waals surface area contributed by atoms with Crippen LogP contribution in [0.25, 0.3) is 0 Å². The van der Waals surface area contributed by atoms with Crippen molar-refractivity contribution in [2.45, 2.75) is 38.3 Å². The lowest BCUT2D eigenvalue weighted by Gasteiger charge is -2.41. The Kier molecular flexibility index (Phi) is 6.25. The number of hydrogen-bond acceptors (Lipinski definition) is 4. The van der Waals surface area contributed by atoms with Gasteiger partial charge < -0.3 is 10.2 Å². The van der Waals surface area contributed by atoms with Crippen LogP contribution < -0.4 is 0 Å². The molecule has 7 heteroatoms. The first-order chi connectivity index (χ1) is 11.2. The van der Waals surface area contributed by atoms with Gasteiger partial charge in [0.15, 0.2) is 0 Å². The third-order valence-corrected chi connectivity index (χ3v) is 4.40. The Balaban J connectivity index is 1.90. The number of rotatable bonds is 5. The van der Waals surface area contributed by atoms with Crippen LogP contribution in [0.3, 0.4) is 0 Å². The largest absolute Gasteiger partial charge is 0.416 e. The van der Waals surface area contributed by atoms with Crippen molar-refractivity contribution in [2.24, 2.45) is 0 Å². The molecule has 1 aliphatic heterocycles. The second kappa shape index (κ2) is 7.82. The van der Waals surface area contributed by atoms with Gasteiger partial charge in [0.2, 0.25) is 0 Å². The molecule has 1 aromatic rings. The van der Waals surface area contributed by atoms with Crippen LogP contribution in [0.4, 0.5) is 13.2 Å². The van der Waals surface area contributed by atoms with Crippen molar-refractivity contribution in [3.05, 3.63) is 35.4 Å². The van der Waals surface area contributed by atoms with Crippen LogP contribution in [-0.4, -0.2) is 64.9 Å². The van der Waals surface area contributed by atoms with Crippen molar-refractivity contribution in [3.63, 3.8) is 0 Å². The average molecular weight is 346 g/mol. The smallest absolute Gasteiger partial charge is 0.392 e. The Morgan fingerprint density at radius 2 is 1.75 bits per heavy atom. The Labute approximate surface area is 140 Å². The van der Waals surface area contributed by atoms with Crippen LogP contribution in [0.15, 0.2) is 24.3 Å². The molecule has 2 N–H and O–H groups in total. The zero-order valence-electron chi connectivity index (χ0n) is 14.0. The lowest BCUT2D eigenvalue weighted by atomic mass is 10.1. The summed E-state index contributed by atoms with van der Waals surface area (Å²) in [4.78, 5) is 4.30. The van der Waals surface area contributed by atoms with Crippen LogP contribution >= 0.6 is 0 Å². The Hall–Kier alpha value is -1.15. The SMILES string of the molecule is CC(O)CN1CCN(CC(O)c2ccc(C(F)(F)F)cc2)CC1C. The molecule has 1 aliphatic rings. The van der Waals surface area contributed by atoms with E-state index in [1.165, 1.54) is 12.1 Å². The predicted molar refractivity (Wildman–Crippen MR) is 85.6 cm³/mol. The fraction of sp³-hybridized carbons (Fsp3) is 0.647. The minimum absolute atomic E-state index is 0.258. The summed E-state index contributed by atoms with van der Waals surface area (Å²) < 4.78 is 37.7. The maximum Gasteiger partial charge on any atom is 0.416 e. The quantitative estimate of drug-likeness (QED) is 0.857. The van der Waals surface area contributed by atoms with Gasteiger partial charge >= 0.3 is 6.18 Å². The van der Waals surface area contributed by atoms with Gasteiger partial charge in [-0.15, -0.1) is 0 Å². The molecule has 0 aliphatic carbocycles. The summed E-state index contributed by atoms with van der Waals surface area (Å²) in [5.74, 6) is 0. The van der Waals surface area contributed by atoms with E-state index < -0.39 is 17.8 Å². The number of aliphatic hydroxyl groups excluding tert-OH is 2. The predicted octanol–water partition coefficient (Wildman–Crippen LogP) is 2.13. The third kappa shape index (κ3) is 5.17. The summed E-state index contributed by atoms with van der Waals surface area (Å²) in [6, 6.07) is 4.93. The second-order valence-corrected chi connectivity index (χ2v) is 6.59. The zero-order valence-corrected chi connectivity index (χ0v) is 14.0. The molecule has 1 heterocycles. The highest BCUT2D eigenvalue weighted by Crippen LogP contribution is 2.30. The summed E-state index contributed by atoms with van der Waals surface area (Å²) in [5.41, 5.74) is -0.221. The van der Waals surface area contributed by atoms with Gasteiger partial charge in [0.05, 0.1) is 17.8 Å². The van der Waals surface area contributed by atoms with Crippen molar-refractivity contribution in [1.82, 2.24) is 9.80 Å². The van der Waals surface area contributed by atoms with Crippen molar-refractivity contribution in [1.29, 1.82) is 0 Å². The molecule has 136 valence electrons. The molecule has 1 saturated heterocycles. The van der Waals surface area contributed by atoms with E-state index in [4.69, 9.17) is 0 Å². The van der Waals surface area contributed by atoms with Crippen molar-refractivity contribution in [2.75, 3.05) is 32.7 Å². The van der Waals surface area contributed by atoms with Crippen molar-refractivity contribution in [3.8, 4) is 0 Å². The number of β-amino-alcohol motifs (C(OH)–C–C–N with tert-alkyl or cyclic N) is 2. The van der Waals surface area contributed by atoms with Crippen LogP contribution in [0.1, 0.15) is 31.1 Å². The van der Waals surface area contributed by atoms with Crippen LogP contribution in [0, 0.1) is 0 Å². The fourth-order valence-corrected chi connectivity index (χ4v) is 3.09. The molecule has 4 nitrogen and oxygen atoms in total. The van der Waals surface area contributed by atoms with E-state index in [1.54, 1.807) is 6.92 Å². The van der Waals surface area contributed by atoms with E-state index in [-0.39, 0.29) is 12.1 Å². The number of halogens is 3. The lowest BCUT2D eigenvalue weighted by molar-refractivity contribution is -0.137. The number of aliphatic hydroxyl groups is 2. The third-order valence-electron chi connectivity index (χ3n) is 4.40. The molecule has 0 amide bonds. The summed E-state index contributed by atoms with van der Waals surface area (Å²) in [7, 11) is 0. The van der Waals surface area contributed by atoms with Gasteiger partial charge in [-0.2, -0.15) is 13.2 Å². The fourth-order valence-electron chi connectivity index (χ4n) is 3.09. The minimum Gasteiger partial charge on any atom is -0.392 e. The first kappa shape index (κ1) is 19.2. The van der Waals surface area contributed by atoms with E-state index in [0.29, 0.717) is 18.7 Å². The van der Waals surface area contributed by atoms with Crippen LogP contribution in [0.2, 0.25) is 0 Å². The van der Waals surface area contributed by atoms with E-state index in [9.17, 15) is 23.4 Å². The molecule has 0 saturated carbocycles. The highest BCUT2D eigenvalue weighted by molar-refractivity contribution is 5.26. The van der Waals surface area contributed by atoms with Crippen LogP contribution in [0.5, 0.6) is 0 Å². The van der Waals surface area contributed by atoms with E-state index in [2.05, 4.69) is 16.7 Å². The number of benzene rings is 1. The molecule has 3 unspecified atom stereocenters. The number of alkyl halides is 3. The summed E-state index contributed by atoms with van der Waals surface area (Å²) >= 11 is 0. The molecule has 24 heavy (non-hydrogen) atoms. The summed E-state index contributed by atoms with van der Waals surface area (Å²) in [5, 5.41) is 19.8. The van der Waals surface area contributed by atoms with Gasteiger partial charge in [0.1, 0.15) is 0 Å². The molecule has 0 radical (unpaired) electrons. The molecular formula is C17H25F3N2O2. The van der Waals surface area contributed by atoms with Gasteiger partial charge in [-0.05, 0) is 31.5 Å². The minimum atomic E-state index is -4.36. The molecule has 1 fully saturated rings. The van der Waals surface area contributed by atoms with Crippen molar-refractivity contribution < 1.29 is 23.4 Å². The number of nitrogens with zero attached hydrogens (tertiary/aromatic N) is 2. The highest BCUT2D eigenvalue weighted by atomic mass is 19.4.